The molecule has 0 radical (unpaired) electrons. The third kappa shape index (κ3) is 5.10. The van der Waals surface area contributed by atoms with Crippen molar-refractivity contribution < 1.29 is 4.79 Å². The highest BCUT2D eigenvalue weighted by atomic mass is 16.1. The van der Waals surface area contributed by atoms with Crippen LogP contribution < -0.4 is 5.32 Å². The first kappa shape index (κ1) is 17.0. The van der Waals surface area contributed by atoms with E-state index < -0.39 is 0 Å². The molecule has 1 amide bonds. The van der Waals surface area contributed by atoms with Crippen molar-refractivity contribution in [2.24, 2.45) is 0 Å². The lowest BCUT2D eigenvalue weighted by atomic mass is 10.0. The molecule has 0 atom stereocenters. The van der Waals surface area contributed by atoms with Gasteiger partial charge >= 0.3 is 0 Å². The average Bonchev–Trinajstić information content (AvgIpc) is 2.56. The molecule has 0 aromatic heterocycles. The Hall–Kier alpha value is -2.35. The lowest BCUT2D eigenvalue weighted by Gasteiger charge is -2.08. The fraction of sp³-hybridized carbons (Fsp3) is 0.286. The molecule has 120 valence electrons. The molecule has 2 aromatic carbocycles. The maximum atomic E-state index is 12.3. The van der Waals surface area contributed by atoms with Gasteiger partial charge < -0.3 is 5.32 Å². The van der Waals surface area contributed by atoms with Gasteiger partial charge in [-0.2, -0.15) is 0 Å². The second kappa shape index (κ2) is 8.33. The van der Waals surface area contributed by atoms with Crippen LogP contribution in [0.4, 0.5) is 5.69 Å². The Morgan fingerprint density at radius 2 is 1.70 bits per heavy atom. The summed E-state index contributed by atoms with van der Waals surface area (Å²) in [7, 11) is 0. The number of anilines is 1. The van der Waals surface area contributed by atoms with E-state index in [0.717, 1.165) is 24.1 Å². The molecule has 0 fully saturated rings. The van der Waals surface area contributed by atoms with E-state index in [1.165, 1.54) is 5.56 Å². The normalized spacial score (nSPS) is 11.1. The predicted octanol–water partition coefficient (Wildman–Crippen LogP) is 5.88. The largest absolute Gasteiger partial charge is 0.322 e. The molecular weight excluding hydrogens is 282 g/mol. The van der Waals surface area contributed by atoms with Crippen LogP contribution in [0.2, 0.25) is 0 Å². The molecule has 1 N–H and O–H groups in total. The minimum Gasteiger partial charge on any atom is -0.322 e. The highest BCUT2D eigenvalue weighted by Gasteiger charge is 2.06. The van der Waals surface area contributed by atoms with Gasteiger partial charge in [0.25, 0.3) is 5.91 Å². The van der Waals surface area contributed by atoms with Crippen LogP contribution in [0.5, 0.6) is 0 Å². The topological polar surface area (TPSA) is 29.1 Å². The molecule has 2 heteroatoms. The zero-order valence-corrected chi connectivity index (χ0v) is 14.2. The van der Waals surface area contributed by atoms with Gasteiger partial charge in [-0.25, -0.2) is 0 Å². The van der Waals surface area contributed by atoms with Crippen LogP contribution in [0.3, 0.4) is 0 Å². The van der Waals surface area contributed by atoms with Crippen LogP contribution in [0, 0.1) is 0 Å². The summed E-state index contributed by atoms with van der Waals surface area (Å²) in [6, 6.07) is 15.7. The van der Waals surface area contributed by atoms with Crippen LogP contribution in [0.25, 0.3) is 6.08 Å². The Bertz CT molecular complexity index is 651. The van der Waals surface area contributed by atoms with E-state index in [-0.39, 0.29) is 5.91 Å². The van der Waals surface area contributed by atoms with Crippen molar-refractivity contribution in [1.82, 2.24) is 0 Å². The van der Waals surface area contributed by atoms with Crippen LogP contribution in [0.1, 0.15) is 61.0 Å². The minimum absolute atomic E-state index is 0.0774. The summed E-state index contributed by atoms with van der Waals surface area (Å²) in [6.45, 7) is 6.47. The van der Waals surface area contributed by atoms with E-state index in [4.69, 9.17) is 0 Å². The van der Waals surface area contributed by atoms with Gasteiger partial charge in [-0.3, -0.25) is 4.79 Å². The fourth-order valence-electron chi connectivity index (χ4n) is 2.29. The number of hydrogen-bond acceptors (Lipinski definition) is 1. The van der Waals surface area contributed by atoms with E-state index in [1.54, 1.807) is 0 Å². The quantitative estimate of drug-likeness (QED) is 0.710. The Labute approximate surface area is 139 Å². The number of allylic oxidation sites excluding steroid dienone is 1. The molecule has 2 rings (SSSR count). The number of unbranched alkanes of at least 4 members (excludes halogenated alkanes) is 1. The highest BCUT2D eigenvalue weighted by molar-refractivity contribution is 6.04. The molecule has 2 aromatic rings. The van der Waals surface area contributed by atoms with Gasteiger partial charge in [0.05, 0.1) is 0 Å². The number of benzene rings is 2. The summed E-state index contributed by atoms with van der Waals surface area (Å²) in [5.41, 5.74) is 3.89. The Morgan fingerprint density at radius 3 is 2.26 bits per heavy atom. The smallest absolute Gasteiger partial charge is 0.255 e. The first-order valence-electron chi connectivity index (χ1n) is 8.28. The Kier molecular flexibility index (Phi) is 6.16. The SMILES string of the molecule is CCC/C=C/c1ccc(C(=O)Nc2ccc(C(C)C)cc2)cc1. The average molecular weight is 307 g/mol. The second-order valence-electron chi connectivity index (χ2n) is 6.04. The summed E-state index contributed by atoms with van der Waals surface area (Å²) in [5.74, 6) is 0.416. The lowest BCUT2D eigenvalue weighted by molar-refractivity contribution is 0.102. The zero-order chi connectivity index (χ0) is 16.7. The summed E-state index contributed by atoms with van der Waals surface area (Å²) < 4.78 is 0. The number of nitrogens with one attached hydrogen (secondary N) is 1. The van der Waals surface area contributed by atoms with E-state index >= 15 is 0 Å². The second-order valence-corrected chi connectivity index (χ2v) is 6.04. The molecule has 0 saturated heterocycles. The molecule has 0 unspecified atom stereocenters. The van der Waals surface area contributed by atoms with Gasteiger partial charge in [0.1, 0.15) is 0 Å². The van der Waals surface area contributed by atoms with Crippen LogP contribution in [-0.4, -0.2) is 5.91 Å². The molecule has 23 heavy (non-hydrogen) atoms. The maximum absolute atomic E-state index is 12.3. The van der Waals surface area contributed by atoms with Gasteiger partial charge in [-0.1, -0.05) is 63.6 Å². The molecule has 0 heterocycles. The molecular formula is C21H25NO. The van der Waals surface area contributed by atoms with Gasteiger partial charge in [0.2, 0.25) is 0 Å². The fourth-order valence-corrected chi connectivity index (χ4v) is 2.29. The monoisotopic (exact) mass is 307 g/mol. The molecule has 0 aliphatic heterocycles. The molecule has 0 bridgehead atoms. The predicted molar refractivity (Wildman–Crippen MR) is 98.9 cm³/mol. The number of carbonyl (C=O) groups is 1. The summed E-state index contributed by atoms with van der Waals surface area (Å²) >= 11 is 0. The van der Waals surface area contributed by atoms with Crippen LogP contribution in [0.15, 0.2) is 54.6 Å². The summed E-state index contributed by atoms with van der Waals surface area (Å²) in [5, 5.41) is 2.94. The van der Waals surface area contributed by atoms with E-state index in [9.17, 15) is 4.79 Å². The third-order valence-electron chi connectivity index (χ3n) is 3.77. The number of carbonyl (C=O) groups excluding carboxylic acids is 1. The van der Waals surface area contributed by atoms with Crippen molar-refractivity contribution in [2.45, 2.75) is 39.5 Å². The van der Waals surface area contributed by atoms with Crippen molar-refractivity contribution >= 4 is 17.7 Å². The first-order chi connectivity index (χ1) is 11.1. The van der Waals surface area contributed by atoms with Crippen molar-refractivity contribution in [3.63, 3.8) is 0 Å². The molecule has 0 aliphatic carbocycles. The van der Waals surface area contributed by atoms with Crippen LogP contribution >= 0.6 is 0 Å². The molecule has 0 spiro atoms. The zero-order valence-electron chi connectivity index (χ0n) is 14.2. The highest BCUT2D eigenvalue weighted by Crippen LogP contribution is 2.18. The Balaban J connectivity index is 2.00. The number of hydrogen-bond donors (Lipinski definition) is 1. The number of rotatable bonds is 6. The first-order valence-corrected chi connectivity index (χ1v) is 8.28. The Morgan fingerprint density at radius 1 is 1.04 bits per heavy atom. The molecule has 0 saturated carbocycles. The van der Waals surface area contributed by atoms with Crippen molar-refractivity contribution in [2.75, 3.05) is 5.32 Å². The van der Waals surface area contributed by atoms with Gasteiger partial charge in [-0.05, 0) is 47.7 Å². The lowest BCUT2D eigenvalue weighted by Crippen LogP contribution is -2.11. The standard InChI is InChI=1S/C21H25NO/c1-4-5-6-7-17-8-10-19(11-9-17)21(23)22-20-14-12-18(13-15-20)16(2)3/h6-16H,4-5H2,1-3H3,(H,22,23)/b7-6+. The van der Waals surface area contributed by atoms with Gasteiger partial charge in [-0.15, -0.1) is 0 Å². The van der Waals surface area contributed by atoms with E-state index in [2.05, 4.69) is 50.4 Å². The molecule has 2 nitrogen and oxygen atoms in total. The van der Waals surface area contributed by atoms with Crippen molar-refractivity contribution in [3.05, 3.63) is 71.3 Å². The van der Waals surface area contributed by atoms with Crippen molar-refractivity contribution in [1.29, 1.82) is 0 Å². The summed E-state index contributed by atoms with van der Waals surface area (Å²) in [4.78, 5) is 12.3. The van der Waals surface area contributed by atoms with E-state index in [1.807, 2.05) is 36.4 Å². The number of amides is 1. The maximum Gasteiger partial charge on any atom is 0.255 e. The molecule has 0 aliphatic rings. The third-order valence-corrected chi connectivity index (χ3v) is 3.77. The van der Waals surface area contributed by atoms with Crippen molar-refractivity contribution in [3.8, 4) is 0 Å². The summed E-state index contributed by atoms with van der Waals surface area (Å²) in [6.07, 6.45) is 6.47. The minimum atomic E-state index is -0.0774. The van der Waals surface area contributed by atoms with Crippen LogP contribution in [-0.2, 0) is 0 Å². The van der Waals surface area contributed by atoms with Gasteiger partial charge in [0, 0.05) is 11.3 Å². The van der Waals surface area contributed by atoms with E-state index in [0.29, 0.717) is 11.5 Å². The van der Waals surface area contributed by atoms with Gasteiger partial charge in [0.15, 0.2) is 0 Å².